The molecule has 6 atom stereocenters. The second kappa shape index (κ2) is 3.49. The summed E-state index contributed by atoms with van der Waals surface area (Å²) in [6.45, 7) is 8.99. The maximum absolute atomic E-state index is 12.4. The van der Waals surface area contributed by atoms with Crippen LogP contribution in [0.1, 0.15) is 34.1 Å². The van der Waals surface area contributed by atoms with Gasteiger partial charge >= 0.3 is 0 Å². The molecule has 6 unspecified atom stereocenters. The van der Waals surface area contributed by atoms with Crippen molar-refractivity contribution in [1.82, 2.24) is 0 Å². The molecule has 0 spiro atoms. The Morgan fingerprint density at radius 3 is 2.00 bits per heavy atom. The van der Waals surface area contributed by atoms with E-state index in [0.29, 0.717) is 47.2 Å². The Morgan fingerprint density at radius 2 is 1.47 bits per heavy atom. The maximum atomic E-state index is 12.4. The van der Waals surface area contributed by atoms with Gasteiger partial charge in [-0.2, -0.15) is 0 Å². The van der Waals surface area contributed by atoms with Gasteiger partial charge in [-0.25, -0.2) is 8.42 Å². The van der Waals surface area contributed by atoms with E-state index in [1.54, 1.807) is 0 Å². The van der Waals surface area contributed by atoms with Crippen LogP contribution in [0.4, 0.5) is 0 Å². The molecule has 0 aromatic rings. The third kappa shape index (κ3) is 1.41. The lowest BCUT2D eigenvalue weighted by Crippen LogP contribution is -2.39. The van der Waals surface area contributed by atoms with Crippen molar-refractivity contribution in [2.75, 3.05) is 5.75 Å². The van der Waals surface area contributed by atoms with Crippen LogP contribution in [0, 0.1) is 41.4 Å². The zero-order valence-corrected chi connectivity index (χ0v) is 12.1. The van der Waals surface area contributed by atoms with Crippen molar-refractivity contribution in [3.8, 4) is 0 Å². The lowest BCUT2D eigenvalue weighted by molar-refractivity contribution is 0.120. The van der Waals surface area contributed by atoms with Crippen LogP contribution in [-0.2, 0) is 9.84 Å². The maximum Gasteiger partial charge on any atom is 0.154 e. The van der Waals surface area contributed by atoms with Crippen molar-refractivity contribution in [1.29, 1.82) is 0 Å². The van der Waals surface area contributed by atoms with Crippen molar-refractivity contribution >= 4 is 9.84 Å². The first kappa shape index (κ1) is 12.0. The smallest absolute Gasteiger partial charge is 0.154 e. The first-order chi connectivity index (χ1) is 7.84. The minimum Gasteiger partial charge on any atom is -0.229 e. The fourth-order valence-electron chi connectivity index (χ4n) is 5.55. The summed E-state index contributed by atoms with van der Waals surface area (Å²) < 4.78 is 24.7. The zero-order chi connectivity index (χ0) is 12.5. The Hall–Kier alpha value is -0.0500. The summed E-state index contributed by atoms with van der Waals surface area (Å²) in [6.07, 6.45) is 1.19. The molecule has 1 saturated heterocycles. The number of rotatable bonds is 2. The van der Waals surface area contributed by atoms with E-state index in [2.05, 4.69) is 27.7 Å². The van der Waals surface area contributed by atoms with Gasteiger partial charge in [-0.3, -0.25) is 0 Å². The average molecular weight is 256 g/mol. The number of fused-ring (bicyclic) bond motifs is 1. The van der Waals surface area contributed by atoms with Crippen LogP contribution in [0.15, 0.2) is 0 Å². The Labute approximate surface area is 105 Å². The average Bonchev–Trinajstić information content (AvgIpc) is 2.73. The van der Waals surface area contributed by atoms with E-state index in [-0.39, 0.29) is 5.25 Å². The van der Waals surface area contributed by atoms with Crippen molar-refractivity contribution in [2.45, 2.75) is 39.4 Å². The predicted molar refractivity (Wildman–Crippen MR) is 69.3 cm³/mol. The van der Waals surface area contributed by atoms with Crippen LogP contribution < -0.4 is 0 Å². The van der Waals surface area contributed by atoms with Gasteiger partial charge in [0.1, 0.15) is 0 Å². The van der Waals surface area contributed by atoms with E-state index in [1.165, 1.54) is 6.42 Å². The van der Waals surface area contributed by atoms with Gasteiger partial charge in [-0.1, -0.05) is 27.7 Å². The molecule has 2 saturated carbocycles. The minimum atomic E-state index is -2.79. The minimum absolute atomic E-state index is 0.0208. The summed E-state index contributed by atoms with van der Waals surface area (Å²) in [6, 6.07) is 0. The molecule has 0 N–H and O–H groups in total. The standard InChI is InChI=1S/C14H24O2S/c1-7(2)12-10-5-9-11(12)6-17(15,16)14(9)13(10)8(3)4/h7-14H,5-6H2,1-4H3. The summed E-state index contributed by atoms with van der Waals surface area (Å²) in [4.78, 5) is 0. The first-order valence-electron chi connectivity index (χ1n) is 7.06. The van der Waals surface area contributed by atoms with Crippen molar-refractivity contribution < 1.29 is 8.42 Å². The molecule has 0 amide bonds. The molecule has 3 aliphatic rings. The van der Waals surface area contributed by atoms with Crippen LogP contribution in [0.3, 0.4) is 0 Å². The molecular weight excluding hydrogens is 232 g/mol. The Kier molecular flexibility index (Phi) is 2.47. The van der Waals surface area contributed by atoms with Crippen LogP contribution in [0.2, 0.25) is 0 Å². The highest BCUT2D eigenvalue weighted by Crippen LogP contribution is 2.64. The topological polar surface area (TPSA) is 34.1 Å². The van der Waals surface area contributed by atoms with Crippen LogP contribution in [-0.4, -0.2) is 19.4 Å². The lowest BCUT2D eigenvalue weighted by atomic mass is 9.67. The summed E-state index contributed by atoms with van der Waals surface area (Å²) in [5.41, 5.74) is 0. The van der Waals surface area contributed by atoms with E-state index >= 15 is 0 Å². The summed E-state index contributed by atoms with van der Waals surface area (Å²) in [7, 11) is -2.79. The van der Waals surface area contributed by atoms with Crippen LogP contribution in [0.25, 0.3) is 0 Å². The molecule has 0 aromatic heterocycles. The van der Waals surface area contributed by atoms with Crippen LogP contribution in [0.5, 0.6) is 0 Å². The molecule has 0 aromatic carbocycles. The fraction of sp³-hybridized carbons (Fsp3) is 1.00. The highest BCUT2D eigenvalue weighted by Gasteiger charge is 2.67. The molecule has 3 heteroatoms. The highest BCUT2D eigenvalue weighted by atomic mass is 32.2. The number of hydrogen-bond acceptors (Lipinski definition) is 2. The van der Waals surface area contributed by atoms with Gasteiger partial charge in [-0.05, 0) is 47.8 Å². The third-order valence-corrected chi connectivity index (χ3v) is 8.10. The monoisotopic (exact) mass is 256 g/mol. The molecule has 0 radical (unpaired) electrons. The van der Waals surface area contributed by atoms with Crippen molar-refractivity contribution in [3.63, 3.8) is 0 Å². The van der Waals surface area contributed by atoms with Gasteiger partial charge in [0.2, 0.25) is 0 Å². The fourth-order valence-corrected chi connectivity index (χ4v) is 8.62. The molecule has 2 nitrogen and oxygen atoms in total. The SMILES string of the molecule is CC(C)C1C2CS(=O)(=O)C3C2CC1C3C(C)C. The molecular formula is C14H24O2S. The van der Waals surface area contributed by atoms with Gasteiger partial charge < -0.3 is 0 Å². The van der Waals surface area contributed by atoms with Gasteiger partial charge in [0.05, 0.1) is 11.0 Å². The van der Waals surface area contributed by atoms with E-state index in [4.69, 9.17) is 0 Å². The Morgan fingerprint density at radius 1 is 0.882 bits per heavy atom. The molecule has 1 heterocycles. The summed E-state index contributed by atoms with van der Waals surface area (Å²) in [5, 5.41) is 0.0208. The Balaban J connectivity index is 2.06. The number of hydrogen-bond donors (Lipinski definition) is 0. The molecule has 17 heavy (non-hydrogen) atoms. The first-order valence-corrected chi connectivity index (χ1v) is 8.77. The predicted octanol–water partition coefficient (Wildman–Crippen LogP) is 2.59. The zero-order valence-electron chi connectivity index (χ0n) is 11.3. The molecule has 2 bridgehead atoms. The van der Waals surface area contributed by atoms with Gasteiger partial charge in [-0.15, -0.1) is 0 Å². The van der Waals surface area contributed by atoms with Crippen molar-refractivity contribution in [3.05, 3.63) is 0 Å². The normalized spacial score (nSPS) is 50.7. The lowest BCUT2D eigenvalue weighted by Gasteiger charge is -2.38. The molecule has 98 valence electrons. The van der Waals surface area contributed by atoms with E-state index in [9.17, 15) is 8.42 Å². The second-order valence-electron chi connectivity index (χ2n) is 7.16. The van der Waals surface area contributed by atoms with E-state index < -0.39 is 9.84 Å². The van der Waals surface area contributed by atoms with Crippen LogP contribution >= 0.6 is 0 Å². The molecule has 3 rings (SSSR count). The van der Waals surface area contributed by atoms with Gasteiger partial charge in [0, 0.05) is 0 Å². The summed E-state index contributed by atoms with van der Waals surface area (Å²) in [5.74, 6) is 4.44. The van der Waals surface area contributed by atoms with E-state index in [1.807, 2.05) is 0 Å². The molecule has 2 aliphatic carbocycles. The highest BCUT2D eigenvalue weighted by molar-refractivity contribution is 7.92. The van der Waals surface area contributed by atoms with Gasteiger partial charge in [0.25, 0.3) is 0 Å². The largest absolute Gasteiger partial charge is 0.229 e. The Bertz CT molecular complexity index is 424. The van der Waals surface area contributed by atoms with Gasteiger partial charge in [0.15, 0.2) is 9.84 Å². The quantitative estimate of drug-likeness (QED) is 0.761. The summed E-state index contributed by atoms with van der Waals surface area (Å²) >= 11 is 0. The molecule has 3 fully saturated rings. The van der Waals surface area contributed by atoms with Crippen molar-refractivity contribution in [2.24, 2.45) is 41.4 Å². The third-order valence-electron chi connectivity index (χ3n) is 5.76. The number of sulfone groups is 1. The second-order valence-corrected chi connectivity index (χ2v) is 9.37. The molecule has 1 aliphatic heterocycles. The van der Waals surface area contributed by atoms with E-state index in [0.717, 1.165) is 0 Å².